The highest BCUT2D eigenvalue weighted by Gasteiger charge is 2.23. The Balaban J connectivity index is 1.83. The number of rotatable bonds is 6. The minimum absolute atomic E-state index is 0.00256. The maximum atomic E-state index is 11.8. The van der Waals surface area contributed by atoms with E-state index in [4.69, 9.17) is 5.73 Å². The van der Waals surface area contributed by atoms with Crippen LogP contribution < -0.4 is 15.8 Å². The number of nitrogens with two attached hydrogens (primary N) is 1. The minimum Gasteiger partial charge on any atom is -0.368 e. The van der Waals surface area contributed by atoms with Crippen molar-refractivity contribution >= 4 is 21.9 Å². The maximum absolute atomic E-state index is 11.8. The third kappa shape index (κ3) is 4.14. The van der Waals surface area contributed by atoms with Gasteiger partial charge in [-0.1, -0.05) is 0 Å². The van der Waals surface area contributed by atoms with Crippen LogP contribution in [0.3, 0.4) is 0 Å². The van der Waals surface area contributed by atoms with E-state index < -0.39 is 10.0 Å². The Bertz CT molecular complexity index is 553. The van der Waals surface area contributed by atoms with Crippen LogP contribution in [-0.4, -0.2) is 36.9 Å². The molecule has 1 aromatic heterocycles. The first-order chi connectivity index (χ1) is 8.97. The highest BCUT2D eigenvalue weighted by molar-refractivity contribution is 7.89. The molecule has 1 amide bonds. The molecular weight excluding hydrogens is 270 g/mol. The van der Waals surface area contributed by atoms with Gasteiger partial charge in [0.1, 0.15) is 4.90 Å². The van der Waals surface area contributed by atoms with Crippen molar-refractivity contribution in [1.82, 2.24) is 20.0 Å². The largest absolute Gasteiger partial charge is 0.368 e. The van der Waals surface area contributed by atoms with Crippen molar-refractivity contribution in [3.05, 3.63) is 12.4 Å². The summed E-state index contributed by atoms with van der Waals surface area (Å²) in [5.41, 5.74) is 5.27. The molecule has 0 atom stereocenters. The second-order valence-electron chi connectivity index (χ2n) is 4.27. The number of hydrogen-bond acceptors (Lipinski definition) is 6. The van der Waals surface area contributed by atoms with Gasteiger partial charge in [-0.2, -0.15) is 0 Å². The lowest BCUT2D eigenvalue weighted by atomic mass is 10.4. The van der Waals surface area contributed by atoms with Crippen LogP contribution in [0.5, 0.6) is 0 Å². The predicted octanol–water partition coefficient (Wildman–Crippen LogP) is -0.994. The van der Waals surface area contributed by atoms with Gasteiger partial charge in [0.15, 0.2) is 0 Å². The number of hydrogen-bond donors (Lipinski definition) is 3. The molecule has 0 aliphatic heterocycles. The monoisotopic (exact) mass is 285 g/mol. The van der Waals surface area contributed by atoms with Gasteiger partial charge in [0.05, 0.1) is 12.4 Å². The Morgan fingerprint density at radius 1 is 1.37 bits per heavy atom. The molecule has 0 radical (unpaired) electrons. The number of amides is 1. The lowest BCUT2D eigenvalue weighted by Crippen LogP contribution is -2.31. The average molecular weight is 285 g/mol. The molecular formula is C10H15N5O3S. The molecule has 1 fully saturated rings. The number of carbonyl (C=O) groups excluding carboxylic acids is 1. The zero-order chi connectivity index (χ0) is 13.9. The Morgan fingerprint density at radius 3 is 2.58 bits per heavy atom. The first kappa shape index (κ1) is 13.7. The molecule has 9 heteroatoms. The quantitative estimate of drug-likeness (QED) is 0.615. The summed E-state index contributed by atoms with van der Waals surface area (Å²) >= 11 is 0. The van der Waals surface area contributed by atoms with Crippen molar-refractivity contribution in [1.29, 1.82) is 0 Å². The highest BCUT2D eigenvalue weighted by Crippen LogP contribution is 2.18. The normalized spacial score (nSPS) is 15.2. The number of anilines is 1. The van der Waals surface area contributed by atoms with Crippen molar-refractivity contribution in [3.8, 4) is 0 Å². The summed E-state index contributed by atoms with van der Waals surface area (Å²) in [7, 11) is -3.70. The standard InChI is InChI=1S/C10H15N5O3S/c11-10-12-5-8(6-13-10)19(17,18)14-4-3-9(16)15-7-1-2-7/h5-7,14H,1-4H2,(H,15,16)(H2,11,12,13). The van der Waals surface area contributed by atoms with Crippen molar-refractivity contribution < 1.29 is 13.2 Å². The summed E-state index contributed by atoms with van der Waals surface area (Å²) in [4.78, 5) is 18.5. The van der Waals surface area contributed by atoms with E-state index >= 15 is 0 Å². The molecule has 8 nitrogen and oxygen atoms in total. The molecule has 2 rings (SSSR count). The van der Waals surface area contributed by atoms with E-state index in [0.29, 0.717) is 0 Å². The van der Waals surface area contributed by atoms with E-state index in [2.05, 4.69) is 20.0 Å². The minimum atomic E-state index is -3.70. The first-order valence-electron chi connectivity index (χ1n) is 5.84. The number of sulfonamides is 1. The molecule has 1 aromatic rings. The van der Waals surface area contributed by atoms with Gasteiger partial charge in [0.2, 0.25) is 21.9 Å². The molecule has 0 aromatic carbocycles. The van der Waals surface area contributed by atoms with Crippen LogP contribution in [0.15, 0.2) is 17.3 Å². The molecule has 0 unspecified atom stereocenters. The molecule has 4 N–H and O–H groups in total. The molecule has 1 heterocycles. The van der Waals surface area contributed by atoms with Crippen LogP contribution in [0.25, 0.3) is 0 Å². The summed E-state index contributed by atoms with van der Waals surface area (Å²) in [5.74, 6) is -0.151. The summed E-state index contributed by atoms with van der Waals surface area (Å²) in [6.45, 7) is 0.0330. The van der Waals surface area contributed by atoms with E-state index in [1.54, 1.807) is 0 Å². The van der Waals surface area contributed by atoms with Crippen LogP contribution in [0.4, 0.5) is 5.95 Å². The number of nitrogen functional groups attached to an aromatic ring is 1. The molecule has 0 saturated heterocycles. The van der Waals surface area contributed by atoms with Crippen molar-refractivity contribution in [2.75, 3.05) is 12.3 Å². The fourth-order valence-electron chi connectivity index (χ4n) is 1.37. The van der Waals surface area contributed by atoms with Crippen LogP contribution in [0.2, 0.25) is 0 Å². The van der Waals surface area contributed by atoms with E-state index in [1.165, 1.54) is 0 Å². The van der Waals surface area contributed by atoms with Crippen molar-refractivity contribution in [2.45, 2.75) is 30.2 Å². The zero-order valence-electron chi connectivity index (χ0n) is 10.2. The fraction of sp³-hybridized carbons (Fsp3) is 0.500. The van der Waals surface area contributed by atoms with Crippen LogP contribution in [0, 0.1) is 0 Å². The second-order valence-corrected chi connectivity index (χ2v) is 6.03. The number of aromatic nitrogens is 2. The summed E-state index contributed by atoms with van der Waals surface area (Å²) in [6, 6.07) is 0.273. The van der Waals surface area contributed by atoms with Gasteiger partial charge in [-0.05, 0) is 12.8 Å². The summed E-state index contributed by atoms with van der Waals surface area (Å²) in [6.07, 6.45) is 4.34. The van der Waals surface area contributed by atoms with Crippen LogP contribution >= 0.6 is 0 Å². The Labute approximate surface area is 110 Å². The average Bonchev–Trinajstić information content (AvgIpc) is 3.13. The number of nitrogens with zero attached hydrogens (tertiary/aromatic N) is 2. The highest BCUT2D eigenvalue weighted by atomic mass is 32.2. The Hall–Kier alpha value is -1.74. The summed E-state index contributed by atoms with van der Waals surface area (Å²) in [5, 5.41) is 2.77. The van der Waals surface area contributed by atoms with Crippen molar-refractivity contribution in [2.24, 2.45) is 0 Å². The SMILES string of the molecule is Nc1ncc(S(=O)(=O)NCCC(=O)NC2CC2)cn1. The topological polar surface area (TPSA) is 127 Å². The van der Waals surface area contributed by atoms with E-state index in [1.807, 2.05) is 0 Å². The van der Waals surface area contributed by atoms with Gasteiger partial charge in [-0.15, -0.1) is 0 Å². The van der Waals surface area contributed by atoms with Crippen LogP contribution in [0.1, 0.15) is 19.3 Å². The second kappa shape index (κ2) is 5.49. The lowest BCUT2D eigenvalue weighted by molar-refractivity contribution is -0.121. The van der Waals surface area contributed by atoms with Crippen molar-refractivity contribution in [3.63, 3.8) is 0 Å². The van der Waals surface area contributed by atoms with Gasteiger partial charge in [-0.25, -0.2) is 23.1 Å². The van der Waals surface area contributed by atoms with Gasteiger partial charge >= 0.3 is 0 Å². The first-order valence-corrected chi connectivity index (χ1v) is 7.32. The van der Waals surface area contributed by atoms with E-state index in [0.717, 1.165) is 25.2 Å². The Morgan fingerprint density at radius 2 is 2.00 bits per heavy atom. The van der Waals surface area contributed by atoms with E-state index in [-0.39, 0.29) is 35.8 Å². The zero-order valence-corrected chi connectivity index (χ0v) is 11.0. The smallest absolute Gasteiger partial charge is 0.243 e. The third-order valence-corrected chi connectivity index (χ3v) is 3.96. The molecule has 104 valence electrons. The predicted molar refractivity (Wildman–Crippen MR) is 67.4 cm³/mol. The maximum Gasteiger partial charge on any atom is 0.243 e. The number of nitrogens with one attached hydrogen (secondary N) is 2. The molecule has 1 aliphatic rings. The fourth-order valence-corrected chi connectivity index (χ4v) is 2.30. The third-order valence-electron chi connectivity index (χ3n) is 2.55. The van der Waals surface area contributed by atoms with Gasteiger partial charge < -0.3 is 11.1 Å². The Kier molecular flexibility index (Phi) is 3.96. The summed E-state index contributed by atoms with van der Waals surface area (Å²) < 4.78 is 25.9. The van der Waals surface area contributed by atoms with Gasteiger partial charge in [-0.3, -0.25) is 4.79 Å². The van der Waals surface area contributed by atoms with Gasteiger partial charge in [0.25, 0.3) is 0 Å². The van der Waals surface area contributed by atoms with Crippen LogP contribution in [-0.2, 0) is 14.8 Å². The molecule has 19 heavy (non-hydrogen) atoms. The number of carbonyl (C=O) groups is 1. The molecule has 1 saturated carbocycles. The molecule has 0 spiro atoms. The van der Waals surface area contributed by atoms with Gasteiger partial charge in [0, 0.05) is 19.0 Å². The lowest BCUT2D eigenvalue weighted by Gasteiger charge is -2.06. The molecule has 1 aliphatic carbocycles. The molecule has 0 bridgehead atoms. The van der Waals surface area contributed by atoms with E-state index in [9.17, 15) is 13.2 Å².